The molecule has 0 fully saturated rings. The number of rotatable bonds is 4. The van der Waals surface area contributed by atoms with Crippen molar-refractivity contribution >= 4 is 28.6 Å². The van der Waals surface area contributed by atoms with Gasteiger partial charge in [0.25, 0.3) is 11.3 Å². The van der Waals surface area contributed by atoms with Crippen LogP contribution in [0.1, 0.15) is 5.56 Å². The predicted octanol–water partition coefficient (Wildman–Crippen LogP) is 0.852. The van der Waals surface area contributed by atoms with E-state index in [0.717, 1.165) is 5.56 Å². The van der Waals surface area contributed by atoms with Gasteiger partial charge in [-0.15, -0.1) is 0 Å². The van der Waals surface area contributed by atoms with Gasteiger partial charge in [0, 0.05) is 6.54 Å². The average molecular weight is 236 g/mol. The minimum Gasteiger partial charge on any atom is -0.289 e. The summed E-state index contributed by atoms with van der Waals surface area (Å²) < 4.78 is 21.4. The molecule has 1 rings (SSSR count). The van der Waals surface area contributed by atoms with Gasteiger partial charge in [0.15, 0.2) is 0 Å². The Morgan fingerprint density at radius 1 is 1.57 bits per heavy atom. The van der Waals surface area contributed by atoms with E-state index in [1.807, 2.05) is 0 Å². The summed E-state index contributed by atoms with van der Waals surface area (Å²) in [6.07, 6.45) is 0. The molecule has 0 aliphatic carbocycles. The number of hydrazine groups is 1. The van der Waals surface area contributed by atoms with E-state index in [0.29, 0.717) is 17.3 Å². The number of halogens is 1. The van der Waals surface area contributed by atoms with Crippen LogP contribution in [-0.4, -0.2) is 8.76 Å². The normalized spacial score (nSPS) is 12.5. The second-order valence-corrected chi connectivity index (χ2v) is 3.66. The summed E-state index contributed by atoms with van der Waals surface area (Å²) in [5.74, 6) is 5.14. The highest BCUT2D eigenvalue weighted by Crippen LogP contribution is 2.23. The summed E-state index contributed by atoms with van der Waals surface area (Å²) in [5.41, 5.74) is 3.74. The fourth-order valence-corrected chi connectivity index (χ4v) is 1.55. The van der Waals surface area contributed by atoms with Gasteiger partial charge >= 0.3 is 0 Å². The second-order valence-electron chi connectivity index (χ2n) is 2.55. The maximum atomic E-state index is 10.5. The van der Waals surface area contributed by atoms with Gasteiger partial charge in [-0.1, -0.05) is 17.7 Å². The first-order valence-electron chi connectivity index (χ1n) is 3.73. The van der Waals surface area contributed by atoms with Crippen molar-refractivity contribution in [1.82, 2.24) is 5.43 Å². The summed E-state index contributed by atoms with van der Waals surface area (Å²) in [6.45, 7) is 0.462. The molecule has 0 aliphatic rings. The molecule has 0 aliphatic heterocycles. The Hall–Kier alpha value is -0.660. The van der Waals surface area contributed by atoms with Gasteiger partial charge in [0.05, 0.1) is 10.7 Å². The van der Waals surface area contributed by atoms with Crippen LogP contribution in [0.2, 0.25) is 5.02 Å². The third-order valence-electron chi connectivity index (χ3n) is 1.53. The molecule has 0 aromatic heterocycles. The van der Waals surface area contributed by atoms with E-state index in [9.17, 15) is 4.21 Å². The van der Waals surface area contributed by atoms with E-state index in [-0.39, 0.29) is 0 Å². The standard InChI is InChI=1S/C7H10ClN3O2S/c8-6-2-1-5(4-10-9)3-7(6)11-14(12)13/h1-3,10-11H,4,9H2,(H,12,13). The topological polar surface area (TPSA) is 87.4 Å². The number of nitrogens with one attached hydrogen (secondary N) is 2. The Morgan fingerprint density at radius 3 is 2.86 bits per heavy atom. The number of hydrogen-bond donors (Lipinski definition) is 4. The molecule has 7 heteroatoms. The molecule has 0 saturated heterocycles. The summed E-state index contributed by atoms with van der Waals surface area (Å²) in [7, 11) is 0. The molecular formula is C7H10ClN3O2S. The molecule has 1 atom stereocenters. The predicted molar refractivity (Wildman–Crippen MR) is 56.9 cm³/mol. The van der Waals surface area contributed by atoms with Gasteiger partial charge in [-0.3, -0.25) is 20.5 Å². The molecule has 14 heavy (non-hydrogen) atoms. The van der Waals surface area contributed by atoms with Crippen LogP contribution < -0.4 is 16.0 Å². The zero-order valence-electron chi connectivity index (χ0n) is 7.16. The number of nitrogens with two attached hydrogens (primary N) is 1. The van der Waals surface area contributed by atoms with Crippen LogP contribution in [0.5, 0.6) is 0 Å². The molecule has 0 bridgehead atoms. The van der Waals surface area contributed by atoms with Crippen molar-refractivity contribution in [3.05, 3.63) is 28.8 Å². The van der Waals surface area contributed by atoms with Gasteiger partial charge in [-0.2, -0.15) is 0 Å². The highest BCUT2D eigenvalue weighted by molar-refractivity contribution is 7.80. The third-order valence-corrected chi connectivity index (χ3v) is 2.26. The van der Waals surface area contributed by atoms with Crippen LogP contribution in [0.3, 0.4) is 0 Å². The van der Waals surface area contributed by atoms with Gasteiger partial charge in [-0.05, 0) is 17.7 Å². The van der Waals surface area contributed by atoms with Gasteiger partial charge in [-0.25, -0.2) is 4.21 Å². The summed E-state index contributed by atoms with van der Waals surface area (Å²) in [5, 5.41) is 0.383. The molecule has 5 N–H and O–H groups in total. The van der Waals surface area contributed by atoms with E-state index in [1.165, 1.54) is 0 Å². The van der Waals surface area contributed by atoms with Crippen LogP contribution in [0.15, 0.2) is 18.2 Å². The van der Waals surface area contributed by atoms with E-state index in [4.69, 9.17) is 22.0 Å². The smallest absolute Gasteiger partial charge is 0.259 e. The van der Waals surface area contributed by atoms with Crippen LogP contribution in [-0.2, 0) is 17.8 Å². The molecule has 1 aromatic carbocycles. The first-order chi connectivity index (χ1) is 6.63. The lowest BCUT2D eigenvalue weighted by Crippen LogP contribution is -2.20. The van der Waals surface area contributed by atoms with Crippen molar-refractivity contribution in [3.63, 3.8) is 0 Å². The molecule has 1 unspecified atom stereocenters. The third kappa shape index (κ3) is 3.24. The molecule has 5 nitrogen and oxygen atoms in total. The van der Waals surface area contributed by atoms with E-state index < -0.39 is 11.3 Å². The first-order valence-corrected chi connectivity index (χ1v) is 5.21. The van der Waals surface area contributed by atoms with Crippen LogP contribution in [0.25, 0.3) is 0 Å². The zero-order valence-corrected chi connectivity index (χ0v) is 8.73. The monoisotopic (exact) mass is 235 g/mol. The highest BCUT2D eigenvalue weighted by atomic mass is 35.5. The molecule has 78 valence electrons. The van der Waals surface area contributed by atoms with Crippen molar-refractivity contribution in [3.8, 4) is 0 Å². The molecule has 0 saturated carbocycles. The summed E-state index contributed by atoms with van der Waals surface area (Å²) in [6, 6.07) is 5.05. The lowest BCUT2D eigenvalue weighted by molar-refractivity contribution is 0.570. The Kier molecular flexibility index (Phi) is 4.30. The maximum absolute atomic E-state index is 10.5. The first kappa shape index (κ1) is 11.4. The van der Waals surface area contributed by atoms with Crippen molar-refractivity contribution in [1.29, 1.82) is 0 Å². The molecule has 0 heterocycles. The quantitative estimate of drug-likeness (QED) is 0.354. The highest BCUT2D eigenvalue weighted by Gasteiger charge is 2.03. The largest absolute Gasteiger partial charge is 0.289 e. The number of benzene rings is 1. The molecule has 0 amide bonds. The second kappa shape index (κ2) is 5.28. The average Bonchev–Trinajstić information content (AvgIpc) is 2.10. The molecule has 0 radical (unpaired) electrons. The molecule has 0 spiro atoms. The summed E-state index contributed by atoms with van der Waals surface area (Å²) in [4.78, 5) is 0. The summed E-state index contributed by atoms with van der Waals surface area (Å²) >= 11 is 3.66. The van der Waals surface area contributed by atoms with Crippen LogP contribution in [0.4, 0.5) is 5.69 Å². The Balaban J connectivity index is 2.90. The minimum absolute atomic E-state index is 0.383. The molecular weight excluding hydrogens is 226 g/mol. The van der Waals surface area contributed by atoms with E-state index in [1.54, 1.807) is 18.2 Å². The van der Waals surface area contributed by atoms with Gasteiger partial charge in [0.2, 0.25) is 0 Å². The minimum atomic E-state index is -2.13. The molecule has 1 aromatic rings. The Bertz CT molecular complexity index is 348. The lowest BCUT2D eigenvalue weighted by Gasteiger charge is -2.06. The fraction of sp³-hybridized carbons (Fsp3) is 0.143. The number of anilines is 1. The van der Waals surface area contributed by atoms with E-state index in [2.05, 4.69) is 10.1 Å². The van der Waals surface area contributed by atoms with Crippen molar-refractivity contribution < 1.29 is 8.76 Å². The Morgan fingerprint density at radius 2 is 2.29 bits per heavy atom. The van der Waals surface area contributed by atoms with Crippen LogP contribution >= 0.6 is 11.6 Å². The van der Waals surface area contributed by atoms with Crippen LogP contribution in [0, 0.1) is 0 Å². The Labute approximate surface area is 89.0 Å². The SMILES string of the molecule is NNCc1ccc(Cl)c(NS(=O)O)c1. The van der Waals surface area contributed by atoms with Gasteiger partial charge in [0.1, 0.15) is 0 Å². The zero-order chi connectivity index (χ0) is 10.6. The van der Waals surface area contributed by atoms with Crippen molar-refractivity contribution in [2.75, 3.05) is 4.72 Å². The maximum Gasteiger partial charge on any atom is 0.259 e. The fourth-order valence-electron chi connectivity index (χ4n) is 0.973. The lowest BCUT2D eigenvalue weighted by atomic mass is 10.2. The van der Waals surface area contributed by atoms with Crippen molar-refractivity contribution in [2.45, 2.75) is 6.54 Å². The van der Waals surface area contributed by atoms with Crippen molar-refractivity contribution in [2.24, 2.45) is 5.84 Å². The number of hydrogen-bond acceptors (Lipinski definition) is 3. The van der Waals surface area contributed by atoms with Gasteiger partial charge < -0.3 is 0 Å². The van der Waals surface area contributed by atoms with E-state index >= 15 is 0 Å².